The summed E-state index contributed by atoms with van der Waals surface area (Å²) < 4.78 is 0. The zero-order chi connectivity index (χ0) is 11.4. The maximum absolute atomic E-state index is 9.04. The first-order valence-electron chi connectivity index (χ1n) is 5.82. The highest BCUT2D eigenvalue weighted by atomic mass is 15.3. The Morgan fingerprint density at radius 1 is 1.56 bits per heavy atom. The lowest BCUT2D eigenvalue weighted by molar-refractivity contribution is 0.692. The molecule has 16 heavy (non-hydrogen) atoms. The van der Waals surface area contributed by atoms with E-state index in [9.17, 15) is 0 Å². The SMILES string of the molecule is CCCN(CC1CC1)c1nnccc1C#N. The Balaban J connectivity index is 2.19. The zero-order valence-electron chi connectivity index (χ0n) is 9.56. The number of rotatable bonds is 5. The number of nitrogens with zero attached hydrogens (tertiary/aromatic N) is 4. The van der Waals surface area contributed by atoms with Crippen LogP contribution in [0, 0.1) is 17.2 Å². The molecule has 0 atom stereocenters. The van der Waals surface area contributed by atoms with E-state index >= 15 is 0 Å². The number of hydrogen-bond donors (Lipinski definition) is 0. The van der Waals surface area contributed by atoms with E-state index in [1.165, 1.54) is 12.8 Å². The summed E-state index contributed by atoms with van der Waals surface area (Å²) in [6.45, 7) is 4.10. The minimum Gasteiger partial charge on any atom is -0.354 e. The van der Waals surface area contributed by atoms with Gasteiger partial charge in [-0.3, -0.25) is 0 Å². The van der Waals surface area contributed by atoms with Crippen molar-refractivity contribution in [2.24, 2.45) is 5.92 Å². The van der Waals surface area contributed by atoms with Gasteiger partial charge in [0.2, 0.25) is 0 Å². The molecule has 84 valence electrons. The van der Waals surface area contributed by atoms with Gasteiger partial charge in [0.05, 0.1) is 11.8 Å². The number of anilines is 1. The first-order chi connectivity index (χ1) is 7.85. The van der Waals surface area contributed by atoms with E-state index < -0.39 is 0 Å². The predicted octanol–water partition coefficient (Wildman–Crippen LogP) is 1.97. The molecule has 0 aliphatic heterocycles. The lowest BCUT2D eigenvalue weighted by Crippen LogP contribution is -2.28. The molecular weight excluding hydrogens is 200 g/mol. The van der Waals surface area contributed by atoms with Gasteiger partial charge in [-0.25, -0.2) is 0 Å². The molecule has 0 aromatic carbocycles. The summed E-state index contributed by atoms with van der Waals surface area (Å²) in [7, 11) is 0. The van der Waals surface area contributed by atoms with Gasteiger partial charge in [0.1, 0.15) is 6.07 Å². The Morgan fingerprint density at radius 3 is 3.00 bits per heavy atom. The summed E-state index contributed by atoms with van der Waals surface area (Å²) in [5, 5.41) is 17.0. The van der Waals surface area contributed by atoms with Gasteiger partial charge < -0.3 is 4.90 Å². The molecule has 0 saturated heterocycles. The van der Waals surface area contributed by atoms with Crippen molar-refractivity contribution >= 4 is 5.82 Å². The fraction of sp³-hybridized carbons (Fsp3) is 0.583. The molecular formula is C12H16N4. The fourth-order valence-corrected chi connectivity index (χ4v) is 1.81. The van der Waals surface area contributed by atoms with Crippen LogP contribution in [0.15, 0.2) is 12.3 Å². The van der Waals surface area contributed by atoms with Gasteiger partial charge in [-0.2, -0.15) is 10.4 Å². The minimum atomic E-state index is 0.629. The normalized spacial score (nSPS) is 14.5. The van der Waals surface area contributed by atoms with Crippen molar-refractivity contribution in [2.75, 3.05) is 18.0 Å². The van der Waals surface area contributed by atoms with E-state index in [0.717, 1.165) is 31.2 Å². The van der Waals surface area contributed by atoms with Crippen LogP contribution in [0.25, 0.3) is 0 Å². The molecule has 0 amide bonds. The number of nitriles is 1. The van der Waals surface area contributed by atoms with Gasteiger partial charge in [-0.1, -0.05) is 6.92 Å². The summed E-state index contributed by atoms with van der Waals surface area (Å²) >= 11 is 0. The average molecular weight is 216 g/mol. The number of aromatic nitrogens is 2. The van der Waals surface area contributed by atoms with E-state index in [2.05, 4.69) is 28.1 Å². The highest BCUT2D eigenvalue weighted by Gasteiger charge is 2.25. The van der Waals surface area contributed by atoms with Gasteiger partial charge in [-0.15, -0.1) is 5.10 Å². The summed E-state index contributed by atoms with van der Waals surface area (Å²) in [5.41, 5.74) is 0.629. The lowest BCUT2D eigenvalue weighted by Gasteiger charge is -2.23. The van der Waals surface area contributed by atoms with Crippen LogP contribution in [-0.4, -0.2) is 23.3 Å². The van der Waals surface area contributed by atoms with Crippen molar-refractivity contribution in [3.8, 4) is 6.07 Å². The molecule has 1 aliphatic rings. The first kappa shape index (κ1) is 10.9. The Hall–Kier alpha value is -1.63. The zero-order valence-corrected chi connectivity index (χ0v) is 9.56. The third kappa shape index (κ3) is 2.48. The highest BCUT2D eigenvalue weighted by Crippen LogP contribution is 2.31. The van der Waals surface area contributed by atoms with E-state index in [-0.39, 0.29) is 0 Å². The Labute approximate surface area is 95.9 Å². The van der Waals surface area contributed by atoms with Gasteiger partial charge in [0.25, 0.3) is 0 Å². The summed E-state index contributed by atoms with van der Waals surface area (Å²) in [5.74, 6) is 1.54. The van der Waals surface area contributed by atoms with Crippen LogP contribution in [0.3, 0.4) is 0 Å². The molecule has 1 fully saturated rings. The molecule has 1 aliphatic carbocycles. The maximum atomic E-state index is 9.04. The Morgan fingerprint density at radius 2 is 2.38 bits per heavy atom. The smallest absolute Gasteiger partial charge is 0.169 e. The highest BCUT2D eigenvalue weighted by molar-refractivity contribution is 5.52. The van der Waals surface area contributed by atoms with Crippen molar-refractivity contribution in [1.29, 1.82) is 5.26 Å². The van der Waals surface area contributed by atoms with Crippen molar-refractivity contribution in [3.63, 3.8) is 0 Å². The fourth-order valence-electron chi connectivity index (χ4n) is 1.81. The molecule has 0 spiro atoms. The second-order valence-electron chi connectivity index (χ2n) is 4.27. The third-order valence-electron chi connectivity index (χ3n) is 2.79. The van der Waals surface area contributed by atoms with Crippen LogP contribution in [0.4, 0.5) is 5.82 Å². The maximum Gasteiger partial charge on any atom is 0.169 e. The van der Waals surface area contributed by atoms with E-state index in [1.54, 1.807) is 12.3 Å². The molecule has 4 heteroatoms. The summed E-state index contributed by atoms with van der Waals surface area (Å²) in [4.78, 5) is 2.20. The van der Waals surface area contributed by atoms with Crippen molar-refractivity contribution in [2.45, 2.75) is 26.2 Å². The number of hydrogen-bond acceptors (Lipinski definition) is 4. The second-order valence-corrected chi connectivity index (χ2v) is 4.27. The molecule has 0 unspecified atom stereocenters. The average Bonchev–Trinajstić information content (AvgIpc) is 3.12. The third-order valence-corrected chi connectivity index (χ3v) is 2.79. The van der Waals surface area contributed by atoms with Crippen LogP contribution >= 0.6 is 0 Å². The minimum absolute atomic E-state index is 0.629. The van der Waals surface area contributed by atoms with E-state index in [4.69, 9.17) is 5.26 Å². The molecule has 0 radical (unpaired) electrons. The quantitative estimate of drug-likeness (QED) is 0.755. The van der Waals surface area contributed by atoms with Crippen LogP contribution in [0.5, 0.6) is 0 Å². The van der Waals surface area contributed by atoms with Gasteiger partial charge in [0, 0.05) is 13.1 Å². The van der Waals surface area contributed by atoms with Crippen molar-refractivity contribution in [1.82, 2.24) is 10.2 Å². The topological polar surface area (TPSA) is 52.8 Å². The molecule has 0 N–H and O–H groups in total. The van der Waals surface area contributed by atoms with Crippen LogP contribution in [-0.2, 0) is 0 Å². The van der Waals surface area contributed by atoms with Crippen LogP contribution in [0.1, 0.15) is 31.7 Å². The van der Waals surface area contributed by atoms with E-state index in [0.29, 0.717) is 5.56 Å². The van der Waals surface area contributed by atoms with Crippen LogP contribution in [0.2, 0.25) is 0 Å². The summed E-state index contributed by atoms with van der Waals surface area (Å²) in [6, 6.07) is 3.92. The monoisotopic (exact) mass is 216 g/mol. The largest absolute Gasteiger partial charge is 0.354 e. The molecule has 1 heterocycles. The van der Waals surface area contributed by atoms with E-state index in [1.807, 2.05) is 0 Å². The molecule has 4 nitrogen and oxygen atoms in total. The molecule has 1 aromatic heterocycles. The Kier molecular flexibility index (Phi) is 3.35. The molecule has 2 rings (SSSR count). The Bertz CT molecular complexity index is 392. The molecule has 0 bridgehead atoms. The van der Waals surface area contributed by atoms with Crippen molar-refractivity contribution in [3.05, 3.63) is 17.8 Å². The predicted molar refractivity (Wildman–Crippen MR) is 62.0 cm³/mol. The lowest BCUT2D eigenvalue weighted by atomic mass is 10.2. The first-order valence-corrected chi connectivity index (χ1v) is 5.82. The van der Waals surface area contributed by atoms with Gasteiger partial charge in [0.15, 0.2) is 5.82 Å². The molecule has 1 aromatic rings. The second kappa shape index (κ2) is 4.93. The van der Waals surface area contributed by atoms with Gasteiger partial charge >= 0.3 is 0 Å². The molecule has 1 saturated carbocycles. The van der Waals surface area contributed by atoms with Crippen LogP contribution < -0.4 is 4.90 Å². The van der Waals surface area contributed by atoms with Gasteiger partial charge in [-0.05, 0) is 31.2 Å². The van der Waals surface area contributed by atoms with Crippen molar-refractivity contribution < 1.29 is 0 Å². The standard InChI is InChI=1S/C12H16N4/c1-2-7-16(9-10-3-4-10)12-11(8-13)5-6-14-15-12/h5-6,10H,2-4,7,9H2,1H3. The summed E-state index contributed by atoms with van der Waals surface area (Å²) in [6.07, 6.45) is 5.25.